The summed E-state index contributed by atoms with van der Waals surface area (Å²) in [5.41, 5.74) is -0.323. The van der Waals surface area contributed by atoms with E-state index in [1.807, 2.05) is 6.92 Å². The Morgan fingerprint density at radius 3 is 1.94 bits per heavy atom. The average Bonchev–Trinajstić information content (AvgIpc) is 2.34. The van der Waals surface area contributed by atoms with Crippen molar-refractivity contribution in [3.63, 3.8) is 0 Å². The first kappa shape index (κ1) is 16.0. The van der Waals surface area contributed by atoms with Crippen molar-refractivity contribution < 1.29 is 9.84 Å². The minimum absolute atomic E-state index is 0.308. The number of hydrogen-bond donors (Lipinski definition) is 1. The number of aliphatic hydroxyl groups excluding tert-OH is 1. The summed E-state index contributed by atoms with van der Waals surface area (Å²) in [6.45, 7) is 11.6. The third-order valence-corrected chi connectivity index (χ3v) is 4.83. The van der Waals surface area contributed by atoms with Crippen molar-refractivity contribution in [1.29, 1.82) is 0 Å². The second-order valence-corrected chi connectivity index (χ2v) is 6.33. The molecule has 0 saturated heterocycles. The normalized spacial score (nSPS) is 31.3. The molecule has 0 amide bonds. The Morgan fingerprint density at radius 1 is 1.06 bits per heavy atom. The Morgan fingerprint density at radius 2 is 1.56 bits per heavy atom. The fraction of sp³-hybridized carbons (Fsp3) is 1.00. The first-order valence-corrected chi connectivity index (χ1v) is 7.81. The van der Waals surface area contributed by atoms with Gasteiger partial charge in [0.15, 0.2) is 0 Å². The highest BCUT2D eigenvalue weighted by atomic mass is 16.5. The number of hydrogen-bond acceptors (Lipinski definition) is 2. The quantitative estimate of drug-likeness (QED) is 0.778. The highest BCUT2D eigenvalue weighted by Gasteiger charge is 2.42. The predicted molar refractivity (Wildman–Crippen MR) is 76.6 cm³/mol. The van der Waals surface area contributed by atoms with E-state index >= 15 is 0 Å². The lowest BCUT2D eigenvalue weighted by atomic mass is 9.70. The molecular weight excluding hydrogens is 224 g/mol. The molecule has 0 spiro atoms. The van der Waals surface area contributed by atoms with Crippen molar-refractivity contribution in [2.45, 2.75) is 78.4 Å². The zero-order valence-electron chi connectivity index (χ0n) is 12.9. The summed E-state index contributed by atoms with van der Waals surface area (Å²) < 4.78 is 5.96. The van der Waals surface area contributed by atoms with Crippen molar-refractivity contribution in [3.8, 4) is 0 Å². The van der Waals surface area contributed by atoms with E-state index in [9.17, 15) is 5.11 Å². The Kier molecular flexibility index (Phi) is 6.13. The zero-order valence-corrected chi connectivity index (χ0v) is 12.9. The van der Waals surface area contributed by atoms with Crippen LogP contribution in [0.5, 0.6) is 0 Å². The molecule has 108 valence electrons. The molecule has 18 heavy (non-hydrogen) atoms. The van der Waals surface area contributed by atoms with Gasteiger partial charge < -0.3 is 9.84 Å². The van der Waals surface area contributed by atoms with E-state index in [4.69, 9.17) is 4.74 Å². The van der Waals surface area contributed by atoms with E-state index in [2.05, 4.69) is 27.7 Å². The van der Waals surface area contributed by atoms with E-state index in [0.717, 1.165) is 37.5 Å². The predicted octanol–water partition coefficient (Wildman–Crippen LogP) is 4.01. The number of ether oxygens (including phenoxy) is 1. The molecule has 0 aromatic rings. The van der Waals surface area contributed by atoms with Crippen molar-refractivity contribution in [2.75, 3.05) is 6.61 Å². The fourth-order valence-corrected chi connectivity index (χ4v) is 3.94. The summed E-state index contributed by atoms with van der Waals surface area (Å²) in [7, 11) is 0. The number of rotatable bonds is 6. The molecule has 0 heterocycles. The van der Waals surface area contributed by atoms with Crippen LogP contribution in [0.2, 0.25) is 0 Å². The van der Waals surface area contributed by atoms with Crippen LogP contribution in [0, 0.1) is 17.8 Å². The van der Waals surface area contributed by atoms with Gasteiger partial charge in [-0.25, -0.2) is 0 Å². The van der Waals surface area contributed by atoms with Crippen molar-refractivity contribution in [1.82, 2.24) is 0 Å². The van der Waals surface area contributed by atoms with Gasteiger partial charge in [-0.1, -0.05) is 27.7 Å². The molecule has 0 aromatic carbocycles. The molecule has 1 saturated carbocycles. The lowest BCUT2D eigenvalue weighted by Gasteiger charge is -2.43. The van der Waals surface area contributed by atoms with Crippen molar-refractivity contribution in [2.24, 2.45) is 17.8 Å². The van der Waals surface area contributed by atoms with Crippen LogP contribution < -0.4 is 0 Å². The molecular formula is C16H32O2. The van der Waals surface area contributed by atoms with Gasteiger partial charge in [0.2, 0.25) is 0 Å². The Labute approximate surface area is 113 Å². The van der Waals surface area contributed by atoms with Crippen molar-refractivity contribution >= 4 is 0 Å². The standard InChI is InChI=1S/C16H32O2/c1-6-16(7-2,18-8-3)15(17)14-10-12(4)9-13(5)11-14/h12-15,17H,6-11H2,1-5H3. The molecule has 0 aliphatic heterocycles. The Balaban J connectivity index is 2.78. The number of aliphatic hydroxyl groups is 1. The average molecular weight is 256 g/mol. The van der Waals surface area contributed by atoms with Crippen LogP contribution in [-0.2, 0) is 4.74 Å². The van der Waals surface area contributed by atoms with Gasteiger partial charge in [-0.2, -0.15) is 0 Å². The first-order valence-electron chi connectivity index (χ1n) is 7.81. The van der Waals surface area contributed by atoms with Crippen LogP contribution in [0.15, 0.2) is 0 Å². The van der Waals surface area contributed by atoms with E-state index in [1.165, 1.54) is 6.42 Å². The largest absolute Gasteiger partial charge is 0.390 e. The summed E-state index contributed by atoms with van der Waals surface area (Å²) in [5, 5.41) is 10.8. The van der Waals surface area contributed by atoms with Crippen molar-refractivity contribution in [3.05, 3.63) is 0 Å². The molecule has 1 fully saturated rings. The molecule has 1 aliphatic carbocycles. The van der Waals surface area contributed by atoms with Crippen LogP contribution >= 0.6 is 0 Å². The third kappa shape index (κ3) is 3.48. The smallest absolute Gasteiger partial charge is 0.0937 e. The maximum Gasteiger partial charge on any atom is 0.0937 e. The summed E-state index contributed by atoms with van der Waals surface area (Å²) in [5.74, 6) is 1.89. The van der Waals surface area contributed by atoms with E-state index in [0.29, 0.717) is 12.5 Å². The lowest BCUT2D eigenvalue weighted by molar-refractivity contribution is -0.151. The lowest BCUT2D eigenvalue weighted by Crippen LogP contribution is -2.49. The molecule has 1 N–H and O–H groups in total. The maximum absolute atomic E-state index is 10.8. The van der Waals surface area contributed by atoms with Gasteiger partial charge in [0.25, 0.3) is 0 Å². The maximum atomic E-state index is 10.8. The van der Waals surface area contributed by atoms with Crippen LogP contribution in [0.4, 0.5) is 0 Å². The van der Waals surface area contributed by atoms with Crippen LogP contribution in [0.25, 0.3) is 0 Å². The van der Waals surface area contributed by atoms with E-state index < -0.39 is 0 Å². The molecule has 1 aliphatic rings. The summed E-state index contributed by atoms with van der Waals surface area (Å²) in [4.78, 5) is 0. The molecule has 0 aromatic heterocycles. The van der Waals surface area contributed by atoms with Gasteiger partial charge in [0, 0.05) is 6.61 Å². The molecule has 3 unspecified atom stereocenters. The molecule has 3 atom stereocenters. The molecule has 1 rings (SSSR count). The monoisotopic (exact) mass is 256 g/mol. The second-order valence-electron chi connectivity index (χ2n) is 6.33. The van der Waals surface area contributed by atoms with Crippen LogP contribution in [-0.4, -0.2) is 23.4 Å². The first-order chi connectivity index (χ1) is 8.49. The van der Waals surface area contributed by atoms with Gasteiger partial charge in [0.05, 0.1) is 11.7 Å². The summed E-state index contributed by atoms with van der Waals surface area (Å²) in [6, 6.07) is 0. The van der Waals surface area contributed by atoms with E-state index in [1.54, 1.807) is 0 Å². The SMILES string of the molecule is CCOC(CC)(CC)C(O)C1CC(C)CC(C)C1. The topological polar surface area (TPSA) is 29.5 Å². The molecule has 2 heteroatoms. The third-order valence-electron chi connectivity index (χ3n) is 4.83. The fourth-order valence-electron chi connectivity index (χ4n) is 3.94. The zero-order chi connectivity index (χ0) is 13.8. The highest BCUT2D eigenvalue weighted by molar-refractivity contribution is 4.93. The van der Waals surface area contributed by atoms with Gasteiger partial charge in [0.1, 0.15) is 0 Å². The van der Waals surface area contributed by atoms with Gasteiger partial charge in [-0.05, 0) is 56.8 Å². The van der Waals surface area contributed by atoms with Gasteiger partial charge >= 0.3 is 0 Å². The minimum atomic E-state index is -0.323. The molecule has 0 radical (unpaired) electrons. The Bertz CT molecular complexity index is 225. The highest BCUT2D eigenvalue weighted by Crippen LogP contribution is 2.40. The molecule has 0 bridgehead atoms. The van der Waals surface area contributed by atoms with E-state index in [-0.39, 0.29) is 11.7 Å². The van der Waals surface area contributed by atoms with Crippen LogP contribution in [0.1, 0.15) is 66.7 Å². The summed E-state index contributed by atoms with van der Waals surface area (Å²) in [6.07, 6.45) is 5.11. The minimum Gasteiger partial charge on any atom is -0.390 e. The second kappa shape index (κ2) is 6.91. The van der Waals surface area contributed by atoms with Gasteiger partial charge in [-0.3, -0.25) is 0 Å². The van der Waals surface area contributed by atoms with Gasteiger partial charge in [-0.15, -0.1) is 0 Å². The van der Waals surface area contributed by atoms with Crippen LogP contribution in [0.3, 0.4) is 0 Å². The summed E-state index contributed by atoms with van der Waals surface area (Å²) >= 11 is 0. The Hall–Kier alpha value is -0.0800. The molecule has 2 nitrogen and oxygen atoms in total.